The molecule has 0 radical (unpaired) electrons. The van der Waals surface area contributed by atoms with Gasteiger partial charge in [0.25, 0.3) is 0 Å². The summed E-state index contributed by atoms with van der Waals surface area (Å²) in [5.74, 6) is 0.499. The Bertz CT molecular complexity index is 260. The second-order valence-electron chi connectivity index (χ2n) is 1.90. The molecule has 11 heavy (non-hydrogen) atoms. The molecular weight excluding hydrogens is 144 g/mol. The topological polar surface area (TPSA) is 47.3 Å². The molecule has 1 aromatic heterocycles. The smallest absolute Gasteiger partial charge is 0.153 e. The Labute approximate surface area is 63.3 Å². The number of allylic oxidation sites excluding steroid dienone is 1. The molecule has 3 nitrogen and oxygen atoms in total. The molecule has 3 heteroatoms. The van der Waals surface area contributed by atoms with Gasteiger partial charge in [-0.15, -0.1) is 0 Å². The maximum atomic E-state index is 10.1. The van der Waals surface area contributed by atoms with E-state index < -0.39 is 0 Å². The van der Waals surface area contributed by atoms with E-state index >= 15 is 0 Å². The van der Waals surface area contributed by atoms with Gasteiger partial charge in [-0.05, 0) is 18.2 Å². The quantitative estimate of drug-likeness (QED) is 0.280. The first-order valence-electron chi connectivity index (χ1n) is 3.02. The Balaban J connectivity index is 2.87. The lowest BCUT2D eigenvalue weighted by Gasteiger charge is -1.83. The molecule has 0 saturated heterocycles. The van der Waals surface area contributed by atoms with Crippen LogP contribution >= 0.6 is 0 Å². The maximum Gasteiger partial charge on any atom is 0.153 e. The van der Waals surface area contributed by atoms with Crippen LogP contribution in [0.25, 0.3) is 6.08 Å². The molecule has 0 aliphatic rings. The second kappa shape index (κ2) is 3.51. The van der Waals surface area contributed by atoms with Crippen LogP contribution < -0.4 is 0 Å². The highest BCUT2D eigenvalue weighted by Gasteiger charge is 1.93. The SMILES string of the molecule is O=CC(C=O)=Cc1ccco1. The van der Waals surface area contributed by atoms with Crippen molar-refractivity contribution in [2.24, 2.45) is 0 Å². The molecule has 0 unspecified atom stereocenters. The third-order valence-electron chi connectivity index (χ3n) is 1.12. The lowest BCUT2D eigenvalue weighted by molar-refractivity contribution is -0.109. The molecule has 0 spiro atoms. The fraction of sp³-hybridized carbons (Fsp3) is 0. The molecule has 0 atom stereocenters. The highest BCUT2D eigenvalue weighted by molar-refractivity contribution is 6.04. The first-order chi connectivity index (χ1) is 5.36. The van der Waals surface area contributed by atoms with Crippen molar-refractivity contribution in [3.8, 4) is 0 Å². The molecule has 0 saturated carbocycles. The Hall–Kier alpha value is -1.64. The van der Waals surface area contributed by atoms with Crippen molar-refractivity contribution in [3.63, 3.8) is 0 Å². The molecule has 0 aliphatic heterocycles. The summed E-state index contributed by atoms with van der Waals surface area (Å²) in [4.78, 5) is 20.2. The van der Waals surface area contributed by atoms with Gasteiger partial charge in [0.05, 0.1) is 11.8 Å². The van der Waals surface area contributed by atoms with E-state index in [1.165, 1.54) is 12.3 Å². The van der Waals surface area contributed by atoms with Gasteiger partial charge in [-0.2, -0.15) is 0 Å². The normalized spacial score (nSPS) is 8.73. The average molecular weight is 150 g/mol. The van der Waals surface area contributed by atoms with Gasteiger partial charge in [0, 0.05) is 0 Å². The van der Waals surface area contributed by atoms with E-state index in [2.05, 4.69) is 0 Å². The van der Waals surface area contributed by atoms with Crippen LogP contribution in [0.4, 0.5) is 0 Å². The molecular formula is C8H6O3. The number of aldehydes is 2. The van der Waals surface area contributed by atoms with Crippen molar-refractivity contribution in [3.05, 3.63) is 29.7 Å². The zero-order chi connectivity index (χ0) is 8.10. The molecule has 1 rings (SSSR count). The highest BCUT2D eigenvalue weighted by atomic mass is 16.3. The average Bonchev–Trinajstić information content (AvgIpc) is 2.52. The lowest BCUT2D eigenvalue weighted by Crippen LogP contribution is -1.83. The van der Waals surface area contributed by atoms with Crippen LogP contribution in [0.3, 0.4) is 0 Å². The Morgan fingerprint density at radius 2 is 2.09 bits per heavy atom. The van der Waals surface area contributed by atoms with Crippen molar-refractivity contribution in [2.75, 3.05) is 0 Å². The standard InChI is InChI=1S/C8H6O3/c9-5-7(6-10)4-8-2-1-3-11-8/h1-6H. The molecule has 0 aromatic carbocycles. The van der Waals surface area contributed by atoms with Crippen LogP contribution in [0.2, 0.25) is 0 Å². The first kappa shape index (κ1) is 7.47. The van der Waals surface area contributed by atoms with Gasteiger partial charge < -0.3 is 4.42 Å². The number of furan rings is 1. The van der Waals surface area contributed by atoms with Crippen LogP contribution in [0.5, 0.6) is 0 Å². The summed E-state index contributed by atoms with van der Waals surface area (Å²) < 4.78 is 4.87. The van der Waals surface area contributed by atoms with Crippen LogP contribution in [-0.4, -0.2) is 12.6 Å². The molecule has 0 bridgehead atoms. The summed E-state index contributed by atoms with van der Waals surface area (Å²) in [7, 11) is 0. The van der Waals surface area contributed by atoms with Crippen LogP contribution in [-0.2, 0) is 9.59 Å². The predicted octanol–water partition coefficient (Wildman–Crippen LogP) is 1.06. The minimum absolute atomic E-state index is 0.0694. The highest BCUT2D eigenvalue weighted by Crippen LogP contribution is 2.04. The van der Waals surface area contributed by atoms with E-state index in [4.69, 9.17) is 4.42 Å². The molecule has 1 aromatic rings. The minimum Gasteiger partial charge on any atom is -0.465 e. The van der Waals surface area contributed by atoms with Gasteiger partial charge in [-0.25, -0.2) is 0 Å². The summed E-state index contributed by atoms with van der Waals surface area (Å²) in [6.45, 7) is 0. The third kappa shape index (κ3) is 1.89. The zero-order valence-electron chi connectivity index (χ0n) is 5.69. The molecule has 0 fully saturated rings. The van der Waals surface area contributed by atoms with Gasteiger partial charge in [0.2, 0.25) is 0 Å². The van der Waals surface area contributed by atoms with E-state index in [1.807, 2.05) is 0 Å². The summed E-state index contributed by atoms with van der Waals surface area (Å²) in [5.41, 5.74) is 0.0694. The monoisotopic (exact) mass is 150 g/mol. The molecule has 0 N–H and O–H groups in total. The van der Waals surface area contributed by atoms with Gasteiger partial charge in [0.15, 0.2) is 12.6 Å². The first-order valence-corrected chi connectivity index (χ1v) is 3.02. The Morgan fingerprint density at radius 1 is 1.36 bits per heavy atom. The number of hydrogen-bond donors (Lipinski definition) is 0. The number of carbonyl (C=O) groups is 2. The summed E-state index contributed by atoms with van der Waals surface area (Å²) in [6, 6.07) is 3.34. The van der Waals surface area contributed by atoms with Crippen LogP contribution in [0, 0.1) is 0 Å². The van der Waals surface area contributed by atoms with E-state index in [0.717, 1.165) is 0 Å². The summed E-state index contributed by atoms with van der Waals surface area (Å²) in [5, 5.41) is 0. The fourth-order valence-corrected chi connectivity index (χ4v) is 0.633. The number of rotatable bonds is 3. The predicted molar refractivity (Wildman–Crippen MR) is 38.8 cm³/mol. The van der Waals surface area contributed by atoms with Gasteiger partial charge >= 0.3 is 0 Å². The van der Waals surface area contributed by atoms with E-state index in [-0.39, 0.29) is 5.57 Å². The largest absolute Gasteiger partial charge is 0.465 e. The fourth-order valence-electron chi connectivity index (χ4n) is 0.633. The molecule has 0 aliphatic carbocycles. The van der Waals surface area contributed by atoms with Gasteiger partial charge in [-0.3, -0.25) is 9.59 Å². The van der Waals surface area contributed by atoms with Crippen molar-refractivity contribution in [1.82, 2.24) is 0 Å². The lowest BCUT2D eigenvalue weighted by atomic mass is 10.3. The Kier molecular flexibility index (Phi) is 2.38. The van der Waals surface area contributed by atoms with Crippen LogP contribution in [0.1, 0.15) is 5.76 Å². The van der Waals surface area contributed by atoms with Gasteiger partial charge in [-0.1, -0.05) is 0 Å². The summed E-state index contributed by atoms with van der Waals surface area (Å²) in [6.07, 6.45) is 3.81. The molecule has 56 valence electrons. The summed E-state index contributed by atoms with van der Waals surface area (Å²) >= 11 is 0. The van der Waals surface area contributed by atoms with Crippen molar-refractivity contribution < 1.29 is 14.0 Å². The minimum atomic E-state index is 0.0694. The maximum absolute atomic E-state index is 10.1. The third-order valence-corrected chi connectivity index (χ3v) is 1.12. The Morgan fingerprint density at radius 3 is 2.55 bits per heavy atom. The number of hydrogen-bond acceptors (Lipinski definition) is 3. The van der Waals surface area contributed by atoms with E-state index in [1.54, 1.807) is 12.1 Å². The van der Waals surface area contributed by atoms with E-state index in [0.29, 0.717) is 18.3 Å². The second-order valence-corrected chi connectivity index (χ2v) is 1.90. The zero-order valence-corrected chi connectivity index (χ0v) is 5.69. The van der Waals surface area contributed by atoms with Gasteiger partial charge in [0.1, 0.15) is 5.76 Å². The van der Waals surface area contributed by atoms with Crippen molar-refractivity contribution >= 4 is 18.6 Å². The molecule has 1 heterocycles. The molecule has 0 amide bonds. The van der Waals surface area contributed by atoms with Crippen molar-refractivity contribution in [2.45, 2.75) is 0 Å². The number of carbonyl (C=O) groups excluding carboxylic acids is 2. The van der Waals surface area contributed by atoms with Crippen LogP contribution in [0.15, 0.2) is 28.4 Å². The van der Waals surface area contributed by atoms with E-state index in [9.17, 15) is 9.59 Å². The van der Waals surface area contributed by atoms with Crippen molar-refractivity contribution in [1.29, 1.82) is 0 Å².